The number of nitrogens with one attached hydrogen (secondary N) is 1. The minimum absolute atomic E-state index is 0. The number of nitrogens with two attached hydrogens (primary N) is 1. The molecule has 21 heavy (non-hydrogen) atoms. The Morgan fingerprint density at radius 1 is 1.48 bits per heavy atom. The van der Waals surface area contributed by atoms with Crippen molar-refractivity contribution in [3.63, 3.8) is 0 Å². The molecule has 0 aromatic carbocycles. The maximum absolute atomic E-state index is 12.1. The number of likely N-dealkylation sites (N-methyl/N-ethyl adjacent to an activating group) is 1. The van der Waals surface area contributed by atoms with E-state index in [1.54, 1.807) is 7.05 Å². The van der Waals surface area contributed by atoms with Crippen molar-refractivity contribution in [3.8, 4) is 0 Å². The first-order valence-electron chi connectivity index (χ1n) is 6.09. The van der Waals surface area contributed by atoms with E-state index in [1.807, 2.05) is 13.8 Å². The zero-order valence-electron chi connectivity index (χ0n) is 12.2. The number of aromatic amines is 1. The molecule has 120 valence electrons. The molecule has 0 aliphatic heterocycles. The highest BCUT2D eigenvalue weighted by molar-refractivity contribution is 9.10. The van der Waals surface area contributed by atoms with Crippen LogP contribution < -0.4 is 17.0 Å². The van der Waals surface area contributed by atoms with E-state index in [-0.39, 0.29) is 34.7 Å². The number of carbonyl (C=O) groups is 1. The van der Waals surface area contributed by atoms with Gasteiger partial charge in [-0.2, -0.15) is 0 Å². The van der Waals surface area contributed by atoms with Crippen LogP contribution in [0.5, 0.6) is 0 Å². The largest absolute Gasteiger partial charge is 0.344 e. The van der Waals surface area contributed by atoms with Crippen molar-refractivity contribution in [2.75, 3.05) is 20.1 Å². The summed E-state index contributed by atoms with van der Waals surface area (Å²) < 4.78 is 1.36. The van der Waals surface area contributed by atoms with E-state index in [4.69, 9.17) is 5.73 Å². The molecular formula is C12H20BrClN4O3. The molecule has 0 unspecified atom stereocenters. The second-order valence-corrected chi connectivity index (χ2v) is 6.34. The van der Waals surface area contributed by atoms with E-state index >= 15 is 0 Å². The molecule has 0 fully saturated rings. The lowest BCUT2D eigenvalue weighted by Crippen LogP contribution is -2.42. The lowest BCUT2D eigenvalue weighted by molar-refractivity contribution is -0.131. The maximum Gasteiger partial charge on any atom is 0.328 e. The van der Waals surface area contributed by atoms with Crippen LogP contribution in [0.15, 0.2) is 20.3 Å². The monoisotopic (exact) mass is 382 g/mol. The van der Waals surface area contributed by atoms with Crippen LogP contribution in [0.25, 0.3) is 0 Å². The second-order valence-electron chi connectivity index (χ2n) is 5.48. The smallest absolute Gasteiger partial charge is 0.328 e. The van der Waals surface area contributed by atoms with Crippen LogP contribution in [0.4, 0.5) is 0 Å². The lowest BCUT2D eigenvalue weighted by Gasteiger charge is -2.29. The molecule has 1 heterocycles. The summed E-state index contributed by atoms with van der Waals surface area (Å²) in [5.74, 6) is -0.229. The van der Waals surface area contributed by atoms with Crippen molar-refractivity contribution in [1.82, 2.24) is 14.5 Å². The fourth-order valence-corrected chi connectivity index (χ4v) is 2.01. The average molecular weight is 384 g/mol. The predicted octanol–water partition coefficient (Wildman–Crippen LogP) is 0.164. The second kappa shape index (κ2) is 7.77. The fraction of sp³-hybridized carbons (Fsp3) is 0.583. The summed E-state index contributed by atoms with van der Waals surface area (Å²) >= 11 is 3.02. The van der Waals surface area contributed by atoms with Gasteiger partial charge in [0.2, 0.25) is 5.91 Å². The van der Waals surface area contributed by atoms with Crippen LogP contribution in [0, 0.1) is 5.41 Å². The number of H-pyrrole nitrogens is 1. The van der Waals surface area contributed by atoms with E-state index in [0.29, 0.717) is 13.1 Å². The molecule has 0 saturated carbocycles. The minimum Gasteiger partial charge on any atom is -0.344 e. The summed E-state index contributed by atoms with van der Waals surface area (Å²) in [6.07, 6.45) is 1.31. The third-order valence-electron chi connectivity index (χ3n) is 2.92. The number of nitrogens with zero attached hydrogens (tertiary/aromatic N) is 2. The SMILES string of the molecule is CN(CC(C)(C)CN)C(=O)Cn1cc(Br)c(=O)[nH]c1=O.Cl. The third kappa shape index (κ3) is 5.64. The minimum atomic E-state index is -0.613. The average Bonchev–Trinajstić information content (AvgIpc) is 2.35. The molecule has 0 aliphatic carbocycles. The van der Waals surface area contributed by atoms with Gasteiger partial charge in [0.1, 0.15) is 6.54 Å². The molecule has 0 bridgehead atoms. The van der Waals surface area contributed by atoms with Crippen LogP contribution in [-0.2, 0) is 11.3 Å². The third-order valence-corrected chi connectivity index (χ3v) is 3.48. The van der Waals surface area contributed by atoms with Crippen LogP contribution in [0.1, 0.15) is 13.8 Å². The number of hydrogen-bond donors (Lipinski definition) is 2. The van der Waals surface area contributed by atoms with Crippen LogP contribution in [-0.4, -0.2) is 40.5 Å². The number of carbonyl (C=O) groups excluding carboxylic acids is 1. The number of amides is 1. The molecule has 0 aliphatic rings. The Morgan fingerprint density at radius 2 is 2.05 bits per heavy atom. The summed E-state index contributed by atoms with van der Waals surface area (Å²) in [4.78, 5) is 38.5. The normalized spacial score (nSPS) is 10.9. The lowest BCUT2D eigenvalue weighted by atomic mass is 9.93. The van der Waals surface area contributed by atoms with Crippen LogP contribution >= 0.6 is 28.3 Å². The van der Waals surface area contributed by atoms with Crippen LogP contribution in [0.3, 0.4) is 0 Å². The summed E-state index contributed by atoms with van der Waals surface area (Å²) in [6.45, 7) is 4.72. The summed E-state index contributed by atoms with van der Waals surface area (Å²) in [5, 5.41) is 0. The molecule has 0 spiro atoms. The van der Waals surface area contributed by atoms with Crippen molar-refractivity contribution < 1.29 is 4.79 Å². The summed E-state index contributed by atoms with van der Waals surface area (Å²) in [7, 11) is 1.66. The van der Waals surface area contributed by atoms with Gasteiger partial charge in [-0.25, -0.2) is 4.79 Å². The Bertz CT molecular complexity index is 611. The Hall–Kier alpha value is -1.12. The Morgan fingerprint density at radius 3 is 2.57 bits per heavy atom. The highest BCUT2D eigenvalue weighted by atomic mass is 79.9. The summed E-state index contributed by atoms with van der Waals surface area (Å²) in [5.41, 5.74) is 4.31. The zero-order chi connectivity index (χ0) is 15.5. The zero-order valence-corrected chi connectivity index (χ0v) is 14.6. The van der Waals surface area contributed by atoms with E-state index in [9.17, 15) is 14.4 Å². The Labute approximate surface area is 137 Å². The molecule has 1 aromatic rings. The molecule has 0 atom stereocenters. The Balaban J connectivity index is 0.00000400. The number of hydrogen-bond acceptors (Lipinski definition) is 4. The topological polar surface area (TPSA) is 101 Å². The van der Waals surface area contributed by atoms with Crippen LogP contribution in [0.2, 0.25) is 0 Å². The fourth-order valence-electron chi connectivity index (χ4n) is 1.66. The number of halogens is 2. The maximum atomic E-state index is 12.1. The molecule has 9 heteroatoms. The van der Waals surface area contributed by atoms with Gasteiger partial charge in [-0.15, -0.1) is 12.4 Å². The van der Waals surface area contributed by atoms with Crippen molar-refractivity contribution in [3.05, 3.63) is 31.5 Å². The van der Waals surface area contributed by atoms with Gasteiger partial charge in [0, 0.05) is 19.8 Å². The highest BCUT2D eigenvalue weighted by Gasteiger charge is 2.21. The van der Waals surface area contributed by atoms with Gasteiger partial charge in [0.05, 0.1) is 4.47 Å². The molecule has 1 aromatic heterocycles. The van der Waals surface area contributed by atoms with E-state index in [1.165, 1.54) is 11.1 Å². The molecule has 1 amide bonds. The van der Waals surface area contributed by atoms with Gasteiger partial charge in [-0.1, -0.05) is 13.8 Å². The van der Waals surface area contributed by atoms with Gasteiger partial charge < -0.3 is 10.6 Å². The molecule has 3 N–H and O–H groups in total. The van der Waals surface area contributed by atoms with Crippen molar-refractivity contribution >= 4 is 34.2 Å². The quantitative estimate of drug-likeness (QED) is 0.756. The van der Waals surface area contributed by atoms with Crippen molar-refractivity contribution in [2.24, 2.45) is 11.1 Å². The predicted molar refractivity (Wildman–Crippen MR) is 86.7 cm³/mol. The van der Waals surface area contributed by atoms with E-state index in [0.717, 1.165) is 4.57 Å². The van der Waals surface area contributed by atoms with Gasteiger partial charge in [0.25, 0.3) is 5.56 Å². The van der Waals surface area contributed by atoms with E-state index in [2.05, 4.69) is 20.9 Å². The highest BCUT2D eigenvalue weighted by Crippen LogP contribution is 2.14. The standard InChI is InChI=1S/C12H19BrN4O3.ClH/c1-12(2,6-14)7-16(3)9(18)5-17-4-8(13)10(19)15-11(17)20;/h4H,5-7,14H2,1-3H3,(H,15,19,20);1H. The Kier molecular flexibility index (Phi) is 7.35. The van der Waals surface area contributed by atoms with Gasteiger partial charge >= 0.3 is 5.69 Å². The first-order valence-corrected chi connectivity index (χ1v) is 6.89. The van der Waals surface area contributed by atoms with Gasteiger partial charge in [0.15, 0.2) is 0 Å². The molecular weight excluding hydrogens is 364 g/mol. The van der Waals surface area contributed by atoms with Crippen molar-refractivity contribution in [2.45, 2.75) is 20.4 Å². The first kappa shape index (κ1) is 19.9. The number of rotatable bonds is 5. The van der Waals surface area contributed by atoms with Gasteiger partial charge in [-0.3, -0.25) is 19.1 Å². The van der Waals surface area contributed by atoms with E-state index < -0.39 is 11.2 Å². The molecule has 7 nitrogen and oxygen atoms in total. The molecule has 0 saturated heterocycles. The molecule has 1 rings (SSSR count). The first-order chi connectivity index (χ1) is 9.16. The molecule has 0 radical (unpaired) electrons. The van der Waals surface area contributed by atoms with Crippen molar-refractivity contribution in [1.29, 1.82) is 0 Å². The van der Waals surface area contributed by atoms with Gasteiger partial charge in [-0.05, 0) is 27.9 Å². The number of aromatic nitrogens is 2. The summed E-state index contributed by atoms with van der Waals surface area (Å²) in [6, 6.07) is 0.